The molecule has 7 heteroatoms. The van der Waals surface area contributed by atoms with Crippen molar-refractivity contribution in [2.75, 3.05) is 18.4 Å². The first-order valence-corrected chi connectivity index (χ1v) is 13.4. The molecule has 0 radical (unpaired) electrons. The first-order valence-electron chi connectivity index (χ1n) is 13.0. The molecular formula is C30H34N5OS+. The summed E-state index contributed by atoms with van der Waals surface area (Å²) in [5.74, 6) is 0.856. The van der Waals surface area contributed by atoms with Crippen molar-refractivity contribution in [1.82, 2.24) is 4.57 Å². The summed E-state index contributed by atoms with van der Waals surface area (Å²) >= 11 is 5.42. The molecule has 4 aromatic rings. The van der Waals surface area contributed by atoms with E-state index in [0.29, 0.717) is 12.4 Å². The van der Waals surface area contributed by atoms with E-state index in [0.717, 1.165) is 47.6 Å². The molecule has 0 atom stereocenters. The Morgan fingerprint density at radius 2 is 1.76 bits per heavy atom. The van der Waals surface area contributed by atoms with Gasteiger partial charge in [-0.2, -0.15) is 0 Å². The van der Waals surface area contributed by atoms with Crippen LogP contribution in [0.1, 0.15) is 29.5 Å². The summed E-state index contributed by atoms with van der Waals surface area (Å²) in [6.07, 6.45) is 3.52. The SMILES string of the molecule is Cc1ccc(NC(=S)N=Nc2c(O)n(C[NH+]3CCC(Cc4ccccc4)CC3)c3ccccc23)c(C)c1. The number of piperidine rings is 1. The van der Waals surface area contributed by atoms with Gasteiger partial charge in [0.15, 0.2) is 12.4 Å². The lowest BCUT2D eigenvalue weighted by atomic mass is 9.90. The molecule has 1 aromatic heterocycles. The van der Waals surface area contributed by atoms with Crippen LogP contribution in [0, 0.1) is 19.8 Å². The lowest BCUT2D eigenvalue weighted by molar-refractivity contribution is -0.928. The van der Waals surface area contributed by atoms with Crippen molar-refractivity contribution in [3.8, 4) is 5.88 Å². The van der Waals surface area contributed by atoms with Crippen LogP contribution in [0.25, 0.3) is 10.9 Å². The van der Waals surface area contributed by atoms with Gasteiger partial charge in [0.1, 0.15) is 0 Å². The van der Waals surface area contributed by atoms with Crippen molar-refractivity contribution < 1.29 is 10.0 Å². The lowest BCUT2D eigenvalue weighted by Gasteiger charge is -2.29. The number of aromatic nitrogens is 1. The number of benzene rings is 3. The fourth-order valence-electron chi connectivity index (χ4n) is 5.34. The Labute approximate surface area is 223 Å². The van der Waals surface area contributed by atoms with Crippen LogP contribution in [0.5, 0.6) is 5.88 Å². The fraction of sp³-hybridized carbons (Fsp3) is 0.300. The second-order valence-electron chi connectivity index (χ2n) is 10.1. The molecule has 6 nitrogen and oxygen atoms in total. The van der Waals surface area contributed by atoms with Crippen molar-refractivity contribution in [2.24, 2.45) is 16.1 Å². The van der Waals surface area contributed by atoms with Gasteiger partial charge in [-0.3, -0.25) is 4.57 Å². The Hall–Kier alpha value is -3.55. The largest absolute Gasteiger partial charge is 0.493 e. The minimum atomic E-state index is 0.137. The Morgan fingerprint density at radius 1 is 1.03 bits per heavy atom. The number of nitrogens with one attached hydrogen (secondary N) is 2. The molecule has 0 unspecified atom stereocenters. The molecule has 2 heterocycles. The number of likely N-dealkylation sites (tertiary alicyclic amines) is 1. The topological polar surface area (TPSA) is 66.4 Å². The smallest absolute Gasteiger partial charge is 0.225 e. The fourth-order valence-corrected chi connectivity index (χ4v) is 5.49. The number of aromatic hydroxyl groups is 1. The van der Waals surface area contributed by atoms with Gasteiger partial charge in [-0.25, -0.2) is 0 Å². The number of anilines is 1. The van der Waals surface area contributed by atoms with E-state index in [1.54, 1.807) is 0 Å². The third kappa shape index (κ3) is 5.89. The molecule has 1 saturated heterocycles. The zero-order chi connectivity index (χ0) is 25.8. The quantitative estimate of drug-likeness (QED) is 0.221. The highest BCUT2D eigenvalue weighted by atomic mass is 32.1. The van der Waals surface area contributed by atoms with E-state index in [9.17, 15) is 5.11 Å². The van der Waals surface area contributed by atoms with Crippen molar-refractivity contribution >= 4 is 39.6 Å². The third-order valence-corrected chi connectivity index (χ3v) is 7.53. The highest BCUT2D eigenvalue weighted by molar-refractivity contribution is 7.80. The molecule has 3 aromatic carbocycles. The van der Waals surface area contributed by atoms with E-state index < -0.39 is 0 Å². The minimum Gasteiger partial charge on any atom is -0.493 e. The van der Waals surface area contributed by atoms with Gasteiger partial charge in [0.25, 0.3) is 0 Å². The van der Waals surface area contributed by atoms with Crippen LogP contribution in [0.2, 0.25) is 0 Å². The molecular weight excluding hydrogens is 478 g/mol. The Balaban J connectivity index is 1.28. The standard InChI is InChI=1S/C30H33N5OS/c1-21-12-13-26(22(2)18-21)31-30(37)33-32-28-25-10-6-7-11-27(25)35(29(28)36)20-34-16-14-24(15-17-34)19-23-8-4-3-5-9-23/h3-13,18,24,36H,14-17,19-20H2,1-2H3,(H,31,37)/p+1. The van der Waals surface area contributed by atoms with Gasteiger partial charge >= 0.3 is 0 Å². The predicted molar refractivity (Wildman–Crippen MR) is 154 cm³/mol. The summed E-state index contributed by atoms with van der Waals surface area (Å²) < 4.78 is 1.97. The number of thiocarbonyl (C=S) groups is 1. The number of azo groups is 1. The molecule has 0 saturated carbocycles. The zero-order valence-electron chi connectivity index (χ0n) is 21.4. The molecule has 0 aliphatic carbocycles. The van der Waals surface area contributed by atoms with E-state index in [1.165, 1.54) is 28.9 Å². The second-order valence-corrected chi connectivity index (χ2v) is 10.5. The van der Waals surface area contributed by atoms with E-state index in [-0.39, 0.29) is 11.0 Å². The van der Waals surface area contributed by atoms with Gasteiger partial charge in [0, 0.05) is 11.1 Å². The first-order chi connectivity index (χ1) is 18.0. The van der Waals surface area contributed by atoms with E-state index >= 15 is 0 Å². The summed E-state index contributed by atoms with van der Waals surface area (Å²) in [6.45, 7) is 6.96. The number of fused-ring (bicyclic) bond motifs is 1. The third-order valence-electron chi connectivity index (χ3n) is 7.34. The Morgan fingerprint density at radius 3 is 2.51 bits per heavy atom. The molecule has 3 N–H and O–H groups in total. The van der Waals surface area contributed by atoms with E-state index in [1.807, 2.05) is 47.9 Å². The normalized spacial score (nSPS) is 17.9. The average molecular weight is 513 g/mol. The summed E-state index contributed by atoms with van der Waals surface area (Å²) in [6, 6.07) is 24.8. The monoisotopic (exact) mass is 512 g/mol. The molecule has 37 heavy (non-hydrogen) atoms. The van der Waals surface area contributed by atoms with E-state index in [4.69, 9.17) is 12.2 Å². The predicted octanol–water partition coefficient (Wildman–Crippen LogP) is 5.94. The van der Waals surface area contributed by atoms with Gasteiger partial charge in [-0.15, -0.1) is 10.2 Å². The molecule has 1 fully saturated rings. The van der Waals surface area contributed by atoms with Crippen LogP contribution in [0.15, 0.2) is 83.0 Å². The Bertz CT molecular complexity index is 1420. The number of aryl methyl sites for hydroxylation is 2. The maximum atomic E-state index is 11.2. The minimum absolute atomic E-state index is 0.137. The molecule has 1 aliphatic rings. The number of para-hydroxylation sites is 1. The maximum absolute atomic E-state index is 11.2. The number of rotatable bonds is 6. The van der Waals surface area contributed by atoms with E-state index in [2.05, 4.69) is 58.9 Å². The van der Waals surface area contributed by atoms with Gasteiger partial charge in [-0.05, 0) is 74.5 Å². The lowest BCUT2D eigenvalue weighted by Crippen LogP contribution is -3.12. The number of quaternary nitrogens is 1. The van der Waals surface area contributed by atoms with Crippen LogP contribution < -0.4 is 10.2 Å². The van der Waals surface area contributed by atoms with Crippen molar-refractivity contribution in [1.29, 1.82) is 0 Å². The van der Waals surface area contributed by atoms with Crippen LogP contribution in [0.4, 0.5) is 11.4 Å². The van der Waals surface area contributed by atoms with Crippen molar-refractivity contribution in [3.05, 3.63) is 89.5 Å². The first kappa shape index (κ1) is 25.1. The summed E-state index contributed by atoms with van der Waals surface area (Å²) in [7, 11) is 0. The molecule has 0 bridgehead atoms. The van der Waals surface area contributed by atoms with Crippen molar-refractivity contribution in [3.63, 3.8) is 0 Å². The summed E-state index contributed by atoms with van der Waals surface area (Å²) in [4.78, 5) is 1.47. The Kier molecular flexibility index (Phi) is 7.63. The highest BCUT2D eigenvalue weighted by Crippen LogP contribution is 2.38. The molecule has 0 spiro atoms. The van der Waals surface area contributed by atoms with Crippen LogP contribution in [-0.4, -0.2) is 27.9 Å². The average Bonchev–Trinajstić information content (AvgIpc) is 3.16. The number of hydrogen-bond acceptors (Lipinski definition) is 3. The van der Waals surface area contributed by atoms with Crippen LogP contribution >= 0.6 is 12.2 Å². The van der Waals surface area contributed by atoms with Crippen LogP contribution in [0.3, 0.4) is 0 Å². The zero-order valence-corrected chi connectivity index (χ0v) is 22.3. The molecule has 5 rings (SSSR count). The number of hydrogen-bond donors (Lipinski definition) is 3. The highest BCUT2D eigenvalue weighted by Gasteiger charge is 2.25. The number of nitrogens with zero attached hydrogens (tertiary/aromatic N) is 3. The van der Waals surface area contributed by atoms with Gasteiger partial charge in [0.05, 0.1) is 18.6 Å². The van der Waals surface area contributed by atoms with Gasteiger partial charge in [-0.1, -0.05) is 66.2 Å². The molecule has 0 amide bonds. The van der Waals surface area contributed by atoms with Crippen LogP contribution in [-0.2, 0) is 13.1 Å². The summed E-state index contributed by atoms with van der Waals surface area (Å²) in [5.41, 5.74) is 6.02. The molecule has 190 valence electrons. The molecule has 1 aliphatic heterocycles. The van der Waals surface area contributed by atoms with Gasteiger partial charge in [0.2, 0.25) is 11.0 Å². The second kappa shape index (κ2) is 11.2. The van der Waals surface area contributed by atoms with Gasteiger partial charge < -0.3 is 15.3 Å². The maximum Gasteiger partial charge on any atom is 0.225 e. The van der Waals surface area contributed by atoms with Crippen molar-refractivity contribution in [2.45, 2.75) is 39.8 Å². The summed E-state index contributed by atoms with van der Waals surface area (Å²) in [5, 5.41) is 24.1.